The molecule has 2 N–H and O–H groups in total. The van der Waals surface area contributed by atoms with Crippen LogP contribution in [0.2, 0.25) is 0 Å². The highest BCUT2D eigenvalue weighted by molar-refractivity contribution is 5.85. The minimum atomic E-state index is 0.0573. The molecule has 15 heavy (non-hydrogen) atoms. The largest absolute Gasteiger partial charge is 0.324 e. The number of fused-ring (bicyclic) bond motifs is 1. The van der Waals surface area contributed by atoms with Crippen LogP contribution in [-0.4, -0.2) is 9.78 Å². The zero-order chi connectivity index (χ0) is 11.0. The van der Waals surface area contributed by atoms with E-state index in [-0.39, 0.29) is 6.04 Å². The number of rotatable bonds is 2. The van der Waals surface area contributed by atoms with Gasteiger partial charge in [-0.1, -0.05) is 12.1 Å². The van der Waals surface area contributed by atoms with Gasteiger partial charge in [0.15, 0.2) is 0 Å². The molecule has 80 valence electrons. The van der Waals surface area contributed by atoms with E-state index in [0.717, 1.165) is 12.2 Å². The van der Waals surface area contributed by atoms with Gasteiger partial charge in [0.2, 0.25) is 0 Å². The quantitative estimate of drug-likeness (QED) is 0.814. The number of aryl methyl sites for hydroxylation is 2. The van der Waals surface area contributed by atoms with E-state index in [1.165, 1.54) is 16.5 Å². The van der Waals surface area contributed by atoms with Crippen LogP contribution in [0.15, 0.2) is 18.2 Å². The molecule has 0 bridgehead atoms. The summed E-state index contributed by atoms with van der Waals surface area (Å²) in [5, 5.41) is 5.73. The minimum Gasteiger partial charge on any atom is -0.324 e. The van der Waals surface area contributed by atoms with E-state index in [9.17, 15) is 0 Å². The van der Waals surface area contributed by atoms with Crippen molar-refractivity contribution < 1.29 is 0 Å². The molecule has 3 heteroatoms. The maximum Gasteiger partial charge on any atom is 0.0688 e. The Morgan fingerprint density at radius 2 is 2.20 bits per heavy atom. The van der Waals surface area contributed by atoms with Crippen molar-refractivity contribution in [3.63, 3.8) is 0 Å². The molecule has 2 rings (SSSR count). The van der Waals surface area contributed by atoms with Gasteiger partial charge in [-0.2, -0.15) is 5.10 Å². The standard InChI is InChI=1S/C12H17N3/c1-4-15-11-7-5-6-10(8(2)13)12(11)9(3)14-15/h5-8H,4,13H2,1-3H3. The van der Waals surface area contributed by atoms with Crippen molar-refractivity contribution in [3.05, 3.63) is 29.5 Å². The molecule has 3 nitrogen and oxygen atoms in total. The predicted molar refractivity (Wildman–Crippen MR) is 62.7 cm³/mol. The van der Waals surface area contributed by atoms with Gasteiger partial charge >= 0.3 is 0 Å². The summed E-state index contributed by atoms with van der Waals surface area (Å²) in [4.78, 5) is 0. The Hall–Kier alpha value is -1.35. The lowest BCUT2D eigenvalue weighted by Gasteiger charge is -2.07. The molecule has 1 atom stereocenters. The predicted octanol–water partition coefficient (Wildman–Crippen LogP) is 2.38. The molecule has 1 heterocycles. The molecule has 0 radical (unpaired) electrons. The van der Waals surface area contributed by atoms with Crippen molar-refractivity contribution >= 4 is 10.9 Å². The molecule has 0 aliphatic heterocycles. The zero-order valence-electron chi connectivity index (χ0n) is 9.49. The Morgan fingerprint density at radius 1 is 1.47 bits per heavy atom. The molecule has 0 saturated carbocycles. The molecule has 0 fully saturated rings. The molecule has 1 unspecified atom stereocenters. The first-order chi connectivity index (χ1) is 7.15. The maximum atomic E-state index is 5.96. The Balaban J connectivity index is 2.80. The summed E-state index contributed by atoms with van der Waals surface area (Å²) < 4.78 is 2.02. The normalized spacial score (nSPS) is 13.3. The third-order valence-corrected chi connectivity index (χ3v) is 2.78. The van der Waals surface area contributed by atoms with E-state index >= 15 is 0 Å². The van der Waals surface area contributed by atoms with Gasteiger partial charge in [-0.05, 0) is 32.4 Å². The van der Waals surface area contributed by atoms with E-state index in [0.29, 0.717) is 0 Å². The second kappa shape index (κ2) is 3.66. The summed E-state index contributed by atoms with van der Waals surface area (Å²) in [6, 6.07) is 6.29. The van der Waals surface area contributed by atoms with Crippen LogP contribution < -0.4 is 5.73 Å². The lowest BCUT2D eigenvalue weighted by atomic mass is 10.0. The summed E-state index contributed by atoms with van der Waals surface area (Å²) in [5.74, 6) is 0. The third-order valence-electron chi connectivity index (χ3n) is 2.78. The third kappa shape index (κ3) is 1.53. The van der Waals surface area contributed by atoms with Crippen LogP contribution in [-0.2, 0) is 6.54 Å². The van der Waals surface area contributed by atoms with Crippen LogP contribution in [0.5, 0.6) is 0 Å². The van der Waals surface area contributed by atoms with Gasteiger partial charge in [0.1, 0.15) is 0 Å². The first kappa shape index (κ1) is 10.2. The van der Waals surface area contributed by atoms with Crippen LogP contribution in [0.1, 0.15) is 31.1 Å². The number of nitrogens with two attached hydrogens (primary N) is 1. The fraction of sp³-hybridized carbons (Fsp3) is 0.417. The highest BCUT2D eigenvalue weighted by Gasteiger charge is 2.12. The number of hydrogen-bond donors (Lipinski definition) is 1. The lowest BCUT2D eigenvalue weighted by Crippen LogP contribution is -2.05. The Morgan fingerprint density at radius 3 is 2.80 bits per heavy atom. The molecule has 2 aromatic rings. The number of benzene rings is 1. The Kier molecular flexibility index (Phi) is 2.49. The zero-order valence-corrected chi connectivity index (χ0v) is 9.49. The van der Waals surface area contributed by atoms with Crippen LogP contribution in [0, 0.1) is 6.92 Å². The second-order valence-corrected chi connectivity index (χ2v) is 3.93. The number of aromatic nitrogens is 2. The molecule has 0 spiro atoms. The topological polar surface area (TPSA) is 43.8 Å². The van der Waals surface area contributed by atoms with Gasteiger partial charge in [-0.3, -0.25) is 4.68 Å². The van der Waals surface area contributed by atoms with Gasteiger partial charge in [0.05, 0.1) is 11.2 Å². The highest BCUT2D eigenvalue weighted by Crippen LogP contribution is 2.25. The Bertz CT molecular complexity index is 483. The minimum absolute atomic E-state index is 0.0573. The maximum absolute atomic E-state index is 5.96. The van der Waals surface area contributed by atoms with Gasteiger partial charge in [-0.25, -0.2) is 0 Å². The van der Waals surface area contributed by atoms with Gasteiger partial charge in [-0.15, -0.1) is 0 Å². The van der Waals surface area contributed by atoms with Crippen molar-refractivity contribution in [2.24, 2.45) is 5.73 Å². The van der Waals surface area contributed by atoms with E-state index < -0.39 is 0 Å². The number of hydrogen-bond acceptors (Lipinski definition) is 2. The van der Waals surface area contributed by atoms with E-state index in [4.69, 9.17) is 5.73 Å². The van der Waals surface area contributed by atoms with Gasteiger partial charge < -0.3 is 5.73 Å². The monoisotopic (exact) mass is 203 g/mol. The average Bonchev–Trinajstić information content (AvgIpc) is 2.55. The first-order valence-electron chi connectivity index (χ1n) is 5.36. The lowest BCUT2D eigenvalue weighted by molar-refractivity contribution is 0.676. The molecule has 0 saturated heterocycles. The fourth-order valence-electron chi connectivity index (χ4n) is 2.07. The van der Waals surface area contributed by atoms with Crippen LogP contribution in [0.25, 0.3) is 10.9 Å². The van der Waals surface area contributed by atoms with Gasteiger partial charge in [0, 0.05) is 18.0 Å². The van der Waals surface area contributed by atoms with E-state index in [1.54, 1.807) is 0 Å². The molecular weight excluding hydrogens is 186 g/mol. The summed E-state index contributed by atoms with van der Waals surface area (Å²) in [6.45, 7) is 7.05. The summed E-state index contributed by atoms with van der Waals surface area (Å²) >= 11 is 0. The first-order valence-corrected chi connectivity index (χ1v) is 5.36. The van der Waals surface area contributed by atoms with Crippen molar-refractivity contribution in [2.45, 2.75) is 33.4 Å². The molecule has 0 aliphatic carbocycles. The SMILES string of the molecule is CCn1nc(C)c2c(C(C)N)cccc21. The van der Waals surface area contributed by atoms with Gasteiger partial charge in [0.25, 0.3) is 0 Å². The summed E-state index contributed by atoms with van der Waals surface area (Å²) in [5.41, 5.74) is 9.40. The fourth-order valence-corrected chi connectivity index (χ4v) is 2.07. The van der Waals surface area contributed by atoms with E-state index in [2.05, 4.69) is 24.2 Å². The average molecular weight is 203 g/mol. The van der Waals surface area contributed by atoms with Crippen molar-refractivity contribution in [1.29, 1.82) is 0 Å². The molecule has 0 aliphatic rings. The van der Waals surface area contributed by atoms with E-state index in [1.807, 2.05) is 24.6 Å². The van der Waals surface area contributed by atoms with Crippen LogP contribution in [0.4, 0.5) is 0 Å². The highest BCUT2D eigenvalue weighted by atomic mass is 15.3. The Labute approximate surface area is 89.9 Å². The van der Waals surface area contributed by atoms with Crippen molar-refractivity contribution in [2.75, 3.05) is 0 Å². The smallest absolute Gasteiger partial charge is 0.0688 e. The second-order valence-electron chi connectivity index (χ2n) is 3.93. The summed E-state index contributed by atoms with van der Waals surface area (Å²) in [7, 11) is 0. The van der Waals surface area contributed by atoms with Crippen LogP contribution >= 0.6 is 0 Å². The molecule has 1 aromatic heterocycles. The van der Waals surface area contributed by atoms with Crippen molar-refractivity contribution in [3.8, 4) is 0 Å². The van der Waals surface area contributed by atoms with Crippen LogP contribution in [0.3, 0.4) is 0 Å². The van der Waals surface area contributed by atoms with Crippen molar-refractivity contribution in [1.82, 2.24) is 9.78 Å². The molecule has 1 aromatic carbocycles. The number of nitrogens with zero attached hydrogens (tertiary/aromatic N) is 2. The summed E-state index contributed by atoms with van der Waals surface area (Å²) in [6.07, 6.45) is 0. The molecule has 0 amide bonds. The molecular formula is C12H17N3.